The number of nitriles is 2. The third-order valence-electron chi connectivity index (χ3n) is 5.93. The van der Waals surface area contributed by atoms with Crippen LogP contribution in [-0.2, 0) is 0 Å². The third-order valence-corrected chi connectivity index (χ3v) is 5.93. The largest absolute Gasteiger partial charge is 0.497 e. The molecule has 0 unspecified atom stereocenters. The Balaban J connectivity index is 1.38. The van der Waals surface area contributed by atoms with E-state index >= 15 is 0 Å². The highest BCUT2D eigenvalue weighted by atomic mass is 16.5. The standard InChI is InChI=1S/C27H23N3O3/c1-32-24-10-8-23(9-11-24)26(31)30-15-14-27(17-29,18-30)19-33-25-12-6-22(7-13-25)21-4-2-20(16-28)3-5-21/h2-13H,14-15,18-19H2,1H3/t27-/m0/s1. The van der Waals surface area contributed by atoms with Gasteiger partial charge in [-0.25, -0.2) is 0 Å². The van der Waals surface area contributed by atoms with E-state index in [4.69, 9.17) is 14.7 Å². The second kappa shape index (κ2) is 9.46. The van der Waals surface area contributed by atoms with Gasteiger partial charge in [0, 0.05) is 18.7 Å². The van der Waals surface area contributed by atoms with Gasteiger partial charge in [-0.3, -0.25) is 4.79 Å². The average Bonchev–Trinajstić information content (AvgIpc) is 3.32. The number of amides is 1. The number of benzene rings is 3. The Morgan fingerprint density at radius 3 is 2.12 bits per heavy atom. The summed E-state index contributed by atoms with van der Waals surface area (Å²) in [6, 6.07) is 26.5. The summed E-state index contributed by atoms with van der Waals surface area (Å²) < 4.78 is 11.1. The van der Waals surface area contributed by atoms with Crippen molar-refractivity contribution in [1.82, 2.24) is 4.90 Å². The van der Waals surface area contributed by atoms with Crippen molar-refractivity contribution in [2.45, 2.75) is 6.42 Å². The van der Waals surface area contributed by atoms with Crippen LogP contribution in [0.2, 0.25) is 0 Å². The summed E-state index contributed by atoms with van der Waals surface area (Å²) in [5.41, 5.74) is 2.48. The Labute approximate surface area is 193 Å². The van der Waals surface area contributed by atoms with Crippen molar-refractivity contribution >= 4 is 5.91 Å². The van der Waals surface area contributed by atoms with Crippen LogP contribution in [0.15, 0.2) is 72.8 Å². The lowest BCUT2D eigenvalue weighted by Crippen LogP contribution is -2.34. The average molecular weight is 437 g/mol. The van der Waals surface area contributed by atoms with Crippen LogP contribution in [0.1, 0.15) is 22.3 Å². The first-order valence-corrected chi connectivity index (χ1v) is 10.6. The predicted molar refractivity (Wildman–Crippen MR) is 124 cm³/mol. The van der Waals surface area contributed by atoms with E-state index in [1.54, 1.807) is 48.4 Å². The normalized spacial score (nSPS) is 17.1. The second-order valence-electron chi connectivity index (χ2n) is 8.10. The van der Waals surface area contributed by atoms with Crippen molar-refractivity contribution in [1.29, 1.82) is 10.5 Å². The minimum absolute atomic E-state index is 0.0958. The van der Waals surface area contributed by atoms with E-state index in [2.05, 4.69) is 12.1 Å². The molecular formula is C27H23N3O3. The molecule has 1 fully saturated rings. The lowest BCUT2D eigenvalue weighted by molar-refractivity contribution is 0.0771. The monoisotopic (exact) mass is 437 g/mol. The van der Waals surface area contributed by atoms with Crippen LogP contribution in [-0.4, -0.2) is 37.6 Å². The number of hydrogen-bond acceptors (Lipinski definition) is 5. The number of methoxy groups -OCH3 is 1. The van der Waals surface area contributed by atoms with E-state index in [9.17, 15) is 10.1 Å². The Kier molecular flexibility index (Phi) is 6.29. The van der Waals surface area contributed by atoms with Gasteiger partial charge in [0.25, 0.3) is 5.91 Å². The molecule has 0 radical (unpaired) electrons. The summed E-state index contributed by atoms with van der Waals surface area (Å²) in [7, 11) is 1.58. The number of carbonyl (C=O) groups is 1. The molecule has 1 aliphatic rings. The zero-order valence-electron chi connectivity index (χ0n) is 18.3. The Morgan fingerprint density at radius 2 is 1.55 bits per heavy atom. The van der Waals surface area contributed by atoms with Crippen molar-refractivity contribution in [2.24, 2.45) is 5.41 Å². The van der Waals surface area contributed by atoms with E-state index in [1.807, 2.05) is 36.4 Å². The summed E-state index contributed by atoms with van der Waals surface area (Å²) in [6.45, 7) is 1.06. The van der Waals surface area contributed by atoms with Gasteiger partial charge in [0.2, 0.25) is 0 Å². The fraction of sp³-hybridized carbons (Fsp3) is 0.222. The first-order valence-electron chi connectivity index (χ1n) is 10.6. The van der Waals surface area contributed by atoms with Crippen LogP contribution < -0.4 is 9.47 Å². The molecule has 3 aromatic rings. The van der Waals surface area contributed by atoms with Gasteiger partial charge >= 0.3 is 0 Å². The zero-order valence-corrected chi connectivity index (χ0v) is 18.3. The molecule has 1 saturated heterocycles. The summed E-state index contributed by atoms with van der Waals surface area (Å²) in [6.07, 6.45) is 0.564. The molecule has 4 rings (SSSR count). The lowest BCUT2D eigenvalue weighted by Gasteiger charge is -2.22. The molecule has 0 N–H and O–H groups in total. The Morgan fingerprint density at radius 1 is 0.939 bits per heavy atom. The molecule has 0 spiro atoms. The van der Waals surface area contributed by atoms with Crippen LogP contribution >= 0.6 is 0 Å². The molecule has 1 amide bonds. The van der Waals surface area contributed by atoms with Crippen LogP contribution in [0.25, 0.3) is 11.1 Å². The maximum Gasteiger partial charge on any atom is 0.253 e. The molecule has 1 aliphatic heterocycles. The van der Waals surface area contributed by atoms with Gasteiger partial charge in [0.05, 0.1) is 24.8 Å². The fourth-order valence-electron chi connectivity index (χ4n) is 3.91. The molecule has 6 nitrogen and oxygen atoms in total. The lowest BCUT2D eigenvalue weighted by atomic mass is 9.90. The van der Waals surface area contributed by atoms with Gasteiger partial charge in [0.1, 0.15) is 23.5 Å². The first kappa shape index (κ1) is 21.9. The zero-order chi connectivity index (χ0) is 23.3. The molecule has 1 atom stereocenters. The molecule has 0 aromatic heterocycles. The van der Waals surface area contributed by atoms with Gasteiger partial charge in [-0.1, -0.05) is 24.3 Å². The number of likely N-dealkylation sites (tertiary alicyclic amines) is 1. The second-order valence-corrected chi connectivity index (χ2v) is 8.10. The van der Waals surface area contributed by atoms with Gasteiger partial charge < -0.3 is 14.4 Å². The van der Waals surface area contributed by atoms with Crippen molar-refractivity contribution in [3.05, 3.63) is 83.9 Å². The highest BCUT2D eigenvalue weighted by Crippen LogP contribution is 2.32. The molecule has 33 heavy (non-hydrogen) atoms. The molecule has 164 valence electrons. The molecule has 0 aliphatic carbocycles. The van der Waals surface area contributed by atoms with E-state index in [0.29, 0.717) is 42.1 Å². The van der Waals surface area contributed by atoms with Crippen molar-refractivity contribution in [3.63, 3.8) is 0 Å². The quantitative estimate of drug-likeness (QED) is 0.559. The number of nitrogens with zero attached hydrogens (tertiary/aromatic N) is 3. The van der Waals surface area contributed by atoms with Crippen LogP contribution in [0, 0.1) is 28.1 Å². The van der Waals surface area contributed by atoms with Gasteiger partial charge in [-0.2, -0.15) is 10.5 Å². The fourth-order valence-corrected chi connectivity index (χ4v) is 3.91. The number of hydrogen-bond donors (Lipinski definition) is 0. The molecule has 1 heterocycles. The van der Waals surface area contributed by atoms with Crippen LogP contribution in [0.3, 0.4) is 0 Å². The highest BCUT2D eigenvalue weighted by molar-refractivity contribution is 5.94. The summed E-state index contributed by atoms with van der Waals surface area (Å²) >= 11 is 0. The Hall–Kier alpha value is -4.29. The third kappa shape index (κ3) is 4.81. The van der Waals surface area contributed by atoms with Crippen LogP contribution in [0.5, 0.6) is 11.5 Å². The van der Waals surface area contributed by atoms with Gasteiger partial charge in [-0.15, -0.1) is 0 Å². The van der Waals surface area contributed by atoms with Gasteiger partial charge in [-0.05, 0) is 66.1 Å². The maximum atomic E-state index is 12.9. The topological polar surface area (TPSA) is 86.3 Å². The molecule has 6 heteroatoms. The summed E-state index contributed by atoms with van der Waals surface area (Å²) in [5, 5.41) is 18.8. The molecule has 3 aromatic carbocycles. The van der Waals surface area contributed by atoms with E-state index in [-0.39, 0.29) is 12.5 Å². The summed E-state index contributed by atoms with van der Waals surface area (Å²) in [5.74, 6) is 1.27. The van der Waals surface area contributed by atoms with E-state index in [0.717, 1.165) is 11.1 Å². The Bertz CT molecular complexity index is 1210. The number of carbonyl (C=O) groups excluding carboxylic acids is 1. The van der Waals surface area contributed by atoms with Crippen molar-refractivity contribution in [2.75, 3.05) is 26.8 Å². The minimum Gasteiger partial charge on any atom is -0.497 e. The first-order chi connectivity index (χ1) is 16.1. The van der Waals surface area contributed by atoms with Crippen molar-refractivity contribution < 1.29 is 14.3 Å². The predicted octanol–water partition coefficient (Wildman–Crippen LogP) is 4.67. The minimum atomic E-state index is -0.742. The van der Waals surface area contributed by atoms with Gasteiger partial charge in [0.15, 0.2) is 0 Å². The smallest absolute Gasteiger partial charge is 0.253 e. The molecule has 0 saturated carbocycles. The number of ether oxygens (including phenoxy) is 2. The molecular weight excluding hydrogens is 414 g/mol. The SMILES string of the molecule is COc1ccc(C(=O)N2CC[C@@](C#N)(COc3ccc(-c4ccc(C#N)cc4)cc3)C2)cc1. The summed E-state index contributed by atoms with van der Waals surface area (Å²) in [4.78, 5) is 14.6. The van der Waals surface area contributed by atoms with Crippen LogP contribution in [0.4, 0.5) is 0 Å². The number of rotatable bonds is 6. The van der Waals surface area contributed by atoms with Crippen molar-refractivity contribution in [3.8, 4) is 34.8 Å². The maximum absolute atomic E-state index is 12.9. The molecule has 0 bridgehead atoms. The highest BCUT2D eigenvalue weighted by Gasteiger charge is 2.41. The van der Waals surface area contributed by atoms with E-state index in [1.165, 1.54) is 0 Å². The van der Waals surface area contributed by atoms with E-state index < -0.39 is 5.41 Å².